The van der Waals surface area contributed by atoms with Crippen LogP contribution in [0.4, 0.5) is 11.5 Å². The van der Waals surface area contributed by atoms with Crippen molar-refractivity contribution in [1.29, 1.82) is 0 Å². The number of aromatic nitrogens is 2. The fourth-order valence-corrected chi connectivity index (χ4v) is 1.58. The molecule has 0 amide bonds. The number of hydrogen-bond donors (Lipinski definition) is 2. The lowest BCUT2D eigenvalue weighted by Gasteiger charge is -2.12. The van der Waals surface area contributed by atoms with Crippen molar-refractivity contribution in [3.8, 4) is 0 Å². The maximum absolute atomic E-state index is 5.95. The zero-order valence-electron chi connectivity index (χ0n) is 9.87. The molecule has 0 saturated heterocycles. The van der Waals surface area contributed by atoms with E-state index in [2.05, 4.69) is 30.5 Å². The first-order valence-corrected chi connectivity index (χ1v) is 6.48. The van der Waals surface area contributed by atoms with Gasteiger partial charge in [-0.2, -0.15) is 16.9 Å². The van der Waals surface area contributed by atoms with Crippen LogP contribution in [-0.4, -0.2) is 27.8 Å². The van der Waals surface area contributed by atoms with E-state index in [4.69, 9.17) is 5.73 Å². The average Bonchev–Trinajstić information content (AvgIpc) is 2.52. The van der Waals surface area contributed by atoms with Crippen LogP contribution in [0.3, 0.4) is 0 Å². The van der Waals surface area contributed by atoms with E-state index in [0.29, 0.717) is 5.25 Å². The third-order valence-electron chi connectivity index (χ3n) is 2.43. The van der Waals surface area contributed by atoms with E-state index in [1.807, 2.05) is 23.4 Å². The number of aryl methyl sites for hydroxylation is 2. The van der Waals surface area contributed by atoms with E-state index in [0.717, 1.165) is 30.3 Å². The second kappa shape index (κ2) is 5.30. The van der Waals surface area contributed by atoms with Crippen LogP contribution in [0.5, 0.6) is 0 Å². The molecule has 4 nitrogen and oxygen atoms in total. The topological polar surface area (TPSA) is 55.9 Å². The molecule has 1 rings (SSSR count). The van der Waals surface area contributed by atoms with Gasteiger partial charge < -0.3 is 11.1 Å². The van der Waals surface area contributed by atoms with Crippen molar-refractivity contribution in [2.24, 2.45) is 0 Å². The Balaban J connectivity index is 2.74. The molecule has 3 N–H and O–H groups in total. The second-order valence-corrected chi connectivity index (χ2v) is 4.87. The van der Waals surface area contributed by atoms with Gasteiger partial charge in [-0.1, -0.05) is 6.92 Å². The predicted molar refractivity (Wildman–Crippen MR) is 68.5 cm³/mol. The van der Waals surface area contributed by atoms with Crippen molar-refractivity contribution >= 4 is 23.3 Å². The Hall–Kier alpha value is -0.840. The summed E-state index contributed by atoms with van der Waals surface area (Å²) in [7, 11) is 0. The number of nitrogen functional groups attached to an aromatic ring is 1. The van der Waals surface area contributed by atoms with Crippen molar-refractivity contribution < 1.29 is 0 Å². The Kier molecular flexibility index (Phi) is 4.32. The van der Waals surface area contributed by atoms with E-state index in [9.17, 15) is 0 Å². The van der Waals surface area contributed by atoms with E-state index in [-0.39, 0.29) is 0 Å². The number of rotatable bonds is 5. The smallest absolute Gasteiger partial charge is 0.148 e. The van der Waals surface area contributed by atoms with E-state index in [1.54, 1.807) is 0 Å². The molecule has 0 saturated carbocycles. The fourth-order valence-electron chi connectivity index (χ4n) is 1.33. The molecule has 1 aromatic rings. The number of anilines is 2. The SMILES string of the molecule is CCn1nc(C)c(N)c1NCC(C)SC. The monoisotopic (exact) mass is 228 g/mol. The first kappa shape index (κ1) is 12.2. The van der Waals surface area contributed by atoms with Gasteiger partial charge in [0, 0.05) is 18.3 Å². The highest BCUT2D eigenvalue weighted by Gasteiger charge is 2.11. The molecule has 0 aliphatic rings. The fraction of sp³-hybridized carbons (Fsp3) is 0.700. The van der Waals surface area contributed by atoms with Gasteiger partial charge in [0.25, 0.3) is 0 Å². The molecule has 86 valence electrons. The van der Waals surface area contributed by atoms with Gasteiger partial charge in [-0.3, -0.25) is 0 Å². The Morgan fingerprint density at radius 1 is 1.60 bits per heavy atom. The molecule has 0 aliphatic carbocycles. The van der Waals surface area contributed by atoms with Crippen LogP contribution in [0.2, 0.25) is 0 Å². The van der Waals surface area contributed by atoms with Gasteiger partial charge in [-0.25, -0.2) is 4.68 Å². The zero-order chi connectivity index (χ0) is 11.4. The van der Waals surface area contributed by atoms with Crippen molar-refractivity contribution in [3.05, 3.63) is 5.69 Å². The van der Waals surface area contributed by atoms with Crippen molar-refractivity contribution in [3.63, 3.8) is 0 Å². The van der Waals surface area contributed by atoms with Crippen LogP contribution < -0.4 is 11.1 Å². The molecule has 0 fully saturated rings. The minimum Gasteiger partial charge on any atom is -0.394 e. The molecule has 1 unspecified atom stereocenters. The molecule has 5 heteroatoms. The molecule has 0 spiro atoms. The van der Waals surface area contributed by atoms with Crippen molar-refractivity contribution in [2.45, 2.75) is 32.6 Å². The van der Waals surface area contributed by atoms with Gasteiger partial charge in [0.1, 0.15) is 5.82 Å². The van der Waals surface area contributed by atoms with Crippen molar-refractivity contribution in [1.82, 2.24) is 9.78 Å². The number of nitrogens with two attached hydrogens (primary N) is 1. The lowest BCUT2D eigenvalue weighted by molar-refractivity contribution is 0.657. The van der Waals surface area contributed by atoms with Crippen LogP contribution in [-0.2, 0) is 6.54 Å². The Bertz CT molecular complexity index is 321. The van der Waals surface area contributed by atoms with Gasteiger partial charge in [0.05, 0.1) is 11.4 Å². The molecule has 1 aromatic heterocycles. The Labute approximate surface area is 95.6 Å². The Morgan fingerprint density at radius 2 is 2.27 bits per heavy atom. The number of hydrogen-bond acceptors (Lipinski definition) is 4. The van der Waals surface area contributed by atoms with E-state index < -0.39 is 0 Å². The normalized spacial score (nSPS) is 12.8. The number of nitrogens with zero attached hydrogens (tertiary/aromatic N) is 2. The Morgan fingerprint density at radius 3 is 2.80 bits per heavy atom. The average molecular weight is 228 g/mol. The molecular weight excluding hydrogens is 208 g/mol. The van der Waals surface area contributed by atoms with Crippen LogP contribution in [0, 0.1) is 6.92 Å². The van der Waals surface area contributed by atoms with Gasteiger partial charge in [0.15, 0.2) is 0 Å². The first-order valence-electron chi connectivity index (χ1n) is 5.19. The van der Waals surface area contributed by atoms with Gasteiger partial charge in [-0.15, -0.1) is 0 Å². The maximum atomic E-state index is 5.95. The largest absolute Gasteiger partial charge is 0.394 e. The molecule has 0 radical (unpaired) electrons. The summed E-state index contributed by atoms with van der Waals surface area (Å²) in [6, 6.07) is 0. The van der Waals surface area contributed by atoms with Crippen LogP contribution in [0.25, 0.3) is 0 Å². The summed E-state index contributed by atoms with van der Waals surface area (Å²) in [6.07, 6.45) is 2.11. The number of nitrogens with one attached hydrogen (secondary N) is 1. The maximum Gasteiger partial charge on any atom is 0.148 e. The minimum atomic E-state index is 0.574. The first-order chi connectivity index (χ1) is 7.10. The number of thioether (sulfide) groups is 1. The minimum absolute atomic E-state index is 0.574. The third kappa shape index (κ3) is 2.81. The summed E-state index contributed by atoms with van der Waals surface area (Å²) >= 11 is 1.84. The van der Waals surface area contributed by atoms with E-state index in [1.165, 1.54) is 0 Å². The summed E-state index contributed by atoms with van der Waals surface area (Å²) in [6.45, 7) is 7.94. The highest BCUT2D eigenvalue weighted by molar-refractivity contribution is 7.99. The molecule has 1 heterocycles. The van der Waals surface area contributed by atoms with Crippen LogP contribution in [0.15, 0.2) is 0 Å². The molecule has 0 aromatic carbocycles. The highest BCUT2D eigenvalue weighted by atomic mass is 32.2. The van der Waals surface area contributed by atoms with E-state index >= 15 is 0 Å². The molecular formula is C10H20N4S. The van der Waals surface area contributed by atoms with Gasteiger partial charge in [0.2, 0.25) is 0 Å². The lowest BCUT2D eigenvalue weighted by Crippen LogP contribution is -2.16. The highest BCUT2D eigenvalue weighted by Crippen LogP contribution is 2.22. The standard InChI is InChI=1S/C10H20N4S/c1-5-14-10(9(11)8(3)13-14)12-6-7(2)15-4/h7,12H,5-6,11H2,1-4H3. The van der Waals surface area contributed by atoms with Gasteiger partial charge in [-0.05, 0) is 20.1 Å². The predicted octanol–water partition coefficient (Wildman–Crippen LogP) is 1.96. The molecule has 0 aliphatic heterocycles. The summed E-state index contributed by atoms with van der Waals surface area (Å²) in [4.78, 5) is 0. The summed E-state index contributed by atoms with van der Waals surface area (Å²) < 4.78 is 1.91. The van der Waals surface area contributed by atoms with Crippen LogP contribution >= 0.6 is 11.8 Å². The molecule has 1 atom stereocenters. The van der Waals surface area contributed by atoms with Crippen molar-refractivity contribution in [2.75, 3.05) is 23.9 Å². The van der Waals surface area contributed by atoms with Crippen LogP contribution in [0.1, 0.15) is 19.5 Å². The lowest BCUT2D eigenvalue weighted by atomic mass is 10.3. The third-order valence-corrected chi connectivity index (χ3v) is 3.40. The molecule has 15 heavy (non-hydrogen) atoms. The van der Waals surface area contributed by atoms with Gasteiger partial charge >= 0.3 is 0 Å². The molecule has 0 bridgehead atoms. The summed E-state index contributed by atoms with van der Waals surface area (Å²) in [5.74, 6) is 0.955. The second-order valence-electron chi connectivity index (χ2n) is 3.59. The summed E-state index contributed by atoms with van der Waals surface area (Å²) in [5, 5.41) is 8.29. The quantitative estimate of drug-likeness (QED) is 0.809. The summed E-state index contributed by atoms with van der Waals surface area (Å²) in [5.41, 5.74) is 7.62. The zero-order valence-corrected chi connectivity index (χ0v) is 10.7.